The van der Waals surface area contributed by atoms with Gasteiger partial charge in [0.2, 0.25) is 5.91 Å². The van der Waals surface area contributed by atoms with Gasteiger partial charge in [0.1, 0.15) is 0 Å². The first-order valence-corrected chi connectivity index (χ1v) is 7.79. The number of nitrogens with one attached hydrogen (secondary N) is 1. The van der Waals surface area contributed by atoms with Crippen LogP contribution in [0.4, 0.5) is 0 Å². The summed E-state index contributed by atoms with van der Waals surface area (Å²) in [6.45, 7) is 3.88. The molecule has 0 aromatic heterocycles. The third kappa shape index (κ3) is 13.5. The molecule has 0 aromatic rings. The van der Waals surface area contributed by atoms with Gasteiger partial charge in [0.25, 0.3) is 0 Å². The second-order valence-corrected chi connectivity index (χ2v) is 5.08. The van der Waals surface area contributed by atoms with Gasteiger partial charge in [-0.15, -0.1) is 0 Å². The minimum absolute atomic E-state index is 0.00698. The Morgan fingerprint density at radius 2 is 1.86 bits per heavy atom. The maximum atomic E-state index is 11.6. The largest absolute Gasteiger partial charge is 0.347 e. The normalized spacial score (nSPS) is 14.8. The number of hydrogen-bond acceptors (Lipinski definition) is 1. The number of hydrogen-bond donors (Lipinski definition) is 1. The van der Waals surface area contributed by atoms with Crippen molar-refractivity contribution in [1.82, 2.24) is 5.32 Å². The number of halogens is 2. The molecule has 0 aromatic carbocycles. The summed E-state index contributed by atoms with van der Waals surface area (Å²) in [4.78, 5) is 11.6. The van der Waals surface area contributed by atoms with Crippen LogP contribution in [0.3, 0.4) is 0 Å². The van der Waals surface area contributed by atoms with Gasteiger partial charge >= 0.3 is 0 Å². The number of allylic oxidation sites excluding steroid dienone is 6. The van der Waals surface area contributed by atoms with Crippen molar-refractivity contribution in [3.8, 4) is 0 Å². The molecule has 0 rings (SSSR count). The van der Waals surface area contributed by atoms with Crippen molar-refractivity contribution in [3.05, 3.63) is 59.2 Å². The predicted octanol–water partition coefficient (Wildman–Crippen LogP) is 5.23. The van der Waals surface area contributed by atoms with Crippen molar-refractivity contribution in [2.75, 3.05) is 0 Å². The average Bonchev–Trinajstić information content (AvgIpc) is 2.46. The minimum Gasteiger partial charge on any atom is -0.347 e. The standard InChI is InChI=1S/C17H23Cl2NO/c1-15(14-19)10-6-5-8-12-17(21)20-16(2)11-7-3-4-9-13-18/h5-9,11-14,16H,3-4,10H2,1-2H3,(H,20,21)/b6-5-,11-7+,12-8+,13-9+,15-14+/t16-/m0/s1. The van der Waals surface area contributed by atoms with Gasteiger partial charge in [-0.1, -0.05) is 65.2 Å². The third-order valence-electron chi connectivity index (χ3n) is 2.50. The molecule has 21 heavy (non-hydrogen) atoms. The van der Waals surface area contributed by atoms with E-state index in [1.165, 1.54) is 11.6 Å². The number of rotatable bonds is 9. The maximum absolute atomic E-state index is 11.6. The topological polar surface area (TPSA) is 29.1 Å². The van der Waals surface area contributed by atoms with E-state index in [2.05, 4.69) is 5.32 Å². The Labute approximate surface area is 137 Å². The summed E-state index contributed by atoms with van der Waals surface area (Å²) in [5.41, 5.74) is 4.15. The molecule has 1 atom stereocenters. The summed E-state index contributed by atoms with van der Waals surface area (Å²) in [5, 5.41) is 2.86. The zero-order chi connectivity index (χ0) is 15.9. The summed E-state index contributed by atoms with van der Waals surface area (Å²) in [6.07, 6.45) is 15.5. The van der Waals surface area contributed by atoms with E-state index in [-0.39, 0.29) is 11.9 Å². The highest BCUT2D eigenvalue weighted by Crippen LogP contribution is 2.02. The van der Waals surface area contributed by atoms with Crippen LogP contribution in [0.15, 0.2) is 59.2 Å². The Hall–Kier alpha value is -1.25. The highest BCUT2D eigenvalue weighted by atomic mass is 35.5. The van der Waals surface area contributed by atoms with Gasteiger partial charge in [-0.2, -0.15) is 0 Å². The Balaban J connectivity index is 3.96. The smallest absolute Gasteiger partial charge is 0.244 e. The van der Waals surface area contributed by atoms with E-state index in [0.29, 0.717) is 0 Å². The zero-order valence-electron chi connectivity index (χ0n) is 12.6. The lowest BCUT2D eigenvalue weighted by Gasteiger charge is -2.06. The van der Waals surface area contributed by atoms with Gasteiger partial charge in [0, 0.05) is 23.2 Å². The molecule has 0 radical (unpaired) electrons. The van der Waals surface area contributed by atoms with E-state index in [0.717, 1.165) is 24.8 Å². The van der Waals surface area contributed by atoms with Crippen molar-refractivity contribution in [3.63, 3.8) is 0 Å². The van der Waals surface area contributed by atoms with Crippen LogP contribution >= 0.6 is 23.2 Å². The Bertz CT molecular complexity index is 434. The second-order valence-electron chi connectivity index (χ2n) is 4.61. The second kappa shape index (κ2) is 13.7. The summed E-state index contributed by atoms with van der Waals surface area (Å²) in [5.74, 6) is -0.109. The van der Waals surface area contributed by atoms with Gasteiger partial charge in [-0.25, -0.2) is 0 Å². The van der Waals surface area contributed by atoms with Crippen LogP contribution in [-0.2, 0) is 4.79 Å². The Kier molecular flexibility index (Phi) is 12.9. The minimum atomic E-state index is -0.109. The molecule has 0 bridgehead atoms. The Morgan fingerprint density at radius 3 is 2.52 bits per heavy atom. The van der Waals surface area contributed by atoms with E-state index in [9.17, 15) is 4.79 Å². The zero-order valence-corrected chi connectivity index (χ0v) is 14.1. The first-order valence-electron chi connectivity index (χ1n) is 6.91. The molecular weight excluding hydrogens is 305 g/mol. The number of unbranched alkanes of at least 4 members (excludes halogenated alkanes) is 1. The molecule has 1 N–H and O–H groups in total. The lowest BCUT2D eigenvalue weighted by molar-refractivity contribution is -0.116. The van der Waals surface area contributed by atoms with Gasteiger partial charge in [0.15, 0.2) is 0 Å². The van der Waals surface area contributed by atoms with E-state index >= 15 is 0 Å². The van der Waals surface area contributed by atoms with Crippen LogP contribution in [0, 0.1) is 0 Å². The molecule has 0 heterocycles. The van der Waals surface area contributed by atoms with E-state index in [1.807, 2.05) is 44.2 Å². The summed E-state index contributed by atoms with van der Waals surface area (Å²) in [7, 11) is 0. The van der Waals surface area contributed by atoms with Crippen molar-refractivity contribution in [2.45, 2.75) is 39.2 Å². The molecule has 0 fully saturated rings. The fraction of sp³-hybridized carbons (Fsp3) is 0.353. The van der Waals surface area contributed by atoms with Crippen LogP contribution < -0.4 is 5.32 Å². The molecule has 0 aliphatic rings. The van der Waals surface area contributed by atoms with Crippen molar-refractivity contribution >= 4 is 29.1 Å². The fourth-order valence-corrected chi connectivity index (χ4v) is 1.61. The summed E-state index contributed by atoms with van der Waals surface area (Å²) in [6, 6.07) is 0.00698. The molecule has 2 nitrogen and oxygen atoms in total. The van der Waals surface area contributed by atoms with Gasteiger partial charge in [0.05, 0.1) is 0 Å². The van der Waals surface area contributed by atoms with Crippen molar-refractivity contribution < 1.29 is 4.79 Å². The van der Waals surface area contributed by atoms with E-state index in [4.69, 9.17) is 23.2 Å². The highest BCUT2D eigenvalue weighted by Gasteiger charge is 1.98. The molecule has 0 saturated heterocycles. The first kappa shape index (κ1) is 19.8. The lowest BCUT2D eigenvalue weighted by Crippen LogP contribution is -2.29. The molecule has 0 spiro atoms. The molecule has 0 saturated carbocycles. The van der Waals surface area contributed by atoms with Gasteiger partial charge in [-0.05, 0) is 33.1 Å². The molecule has 0 aliphatic heterocycles. The molecule has 1 amide bonds. The number of amides is 1. The van der Waals surface area contributed by atoms with Crippen molar-refractivity contribution in [2.24, 2.45) is 0 Å². The van der Waals surface area contributed by atoms with Gasteiger partial charge < -0.3 is 5.32 Å². The molecular formula is C17H23Cl2NO. The first-order chi connectivity index (χ1) is 10.1. The summed E-state index contributed by atoms with van der Waals surface area (Å²) < 4.78 is 0. The van der Waals surface area contributed by atoms with E-state index in [1.54, 1.807) is 11.6 Å². The van der Waals surface area contributed by atoms with E-state index < -0.39 is 0 Å². The quantitative estimate of drug-likeness (QED) is 0.267. The summed E-state index contributed by atoms with van der Waals surface area (Å²) >= 11 is 11.0. The van der Waals surface area contributed by atoms with Crippen LogP contribution in [-0.4, -0.2) is 11.9 Å². The highest BCUT2D eigenvalue weighted by molar-refractivity contribution is 6.25. The van der Waals surface area contributed by atoms with Gasteiger partial charge in [-0.3, -0.25) is 4.79 Å². The molecule has 4 heteroatoms. The number of carbonyl (C=O) groups excluding carboxylic acids is 1. The monoisotopic (exact) mass is 327 g/mol. The average molecular weight is 328 g/mol. The lowest BCUT2D eigenvalue weighted by atomic mass is 10.2. The number of carbonyl (C=O) groups is 1. The van der Waals surface area contributed by atoms with Crippen LogP contribution in [0.5, 0.6) is 0 Å². The van der Waals surface area contributed by atoms with Crippen LogP contribution in [0.1, 0.15) is 33.1 Å². The Morgan fingerprint density at radius 1 is 1.14 bits per heavy atom. The van der Waals surface area contributed by atoms with Crippen molar-refractivity contribution in [1.29, 1.82) is 0 Å². The van der Waals surface area contributed by atoms with Crippen LogP contribution in [0.25, 0.3) is 0 Å². The predicted molar refractivity (Wildman–Crippen MR) is 93.5 cm³/mol. The third-order valence-corrected chi connectivity index (χ3v) is 3.06. The molecule has 0 aliphatic carbocycles. The fourth-order valence-electron chi connectivity index (χ4n) is 1.40. The van der Waals surface area contributed by atoms with Crippen LogP contribution in [0.2, 0.25) is 0 Å². The molecule has 0 unspecified atom stereocenters. The maximum Gasteiger partial charge on any atom is 0.244 e. The SMILES string of the molecule is C/C(=C\Cl)C/C=C\C=C\C(=O)N[C@@H](C)/C=C/CC/C=C/Cl. The molecule has 116 valence electrons.